The quantitative estimate of drug-likeness (QED) is 0.782. The number of likely N-dealkylation sites (tertiary alicyclic amines) is 1. The van der Waals surface area contributed by atoms with Crippen LogP contribution >= 0.6 is 12.4 Å². The number of nitrogens with zero attached hydrogens (tertiary/aromatic N) is 1. The van der Waals surface area contributed by atoms with Crippen molar-refractivity contribution in [3.8, 4) is 0 Å². The second kappa shape index (κ2) is 7.68. The summed E-state index contributed by atoms with van der Waals surface area (Å²) >= 11 is 0. The Morgan fingerprint density at radius 3 is 2.72 bits per heavy atom. The number of fused-ring (bicyclic) bond motifs is 1. The summed E-state index contributed by atoms with van der Waals surface area (Å²) in [4.78, 5) is 2.56. The summed E-state index contributed by atoms with van der Waals surface area (Å²) in [7, 11) is 0. The summed E-state index contributed by atoms with van der Waals surface area (Å²) in [6.07, 6.45) is 3.96. The molecule has 0 aromatic rings. The topological polar surface area (TPSA) is 38.5 Å². The zero-order valence-corrected chi connectivity index (χ0v) is 12.6. The summed E-state index contributed by atoms with van der Waals surface area (Å²) in [6, 6.07) is 0.454. The third-order valence-electron chi connectivity index (χ3n) is 4.23. The van der Waals surface area contributed by atoms with E-state index in [4.69, 9.17) is 10.5 Å². The minimum absolute atomic E-state index is 0. The van der Waals surface area contributed by atoms with Gasteiger partial charge < -0.3 is 15.4 Å². The van der Waals surface area contributed by atoms with E-state index in [2.05, 4.69) is 18.7 Å². The summed E-state index contributed by atoms with van der Waals surface area (Å²) in [5.74, 6) is 2.27. The van der Waals surface area contributed by atoms with Crippen LogP contribution in [0.25, 0.3) is 0 Å². The summed E-state index contributed by atoms with van der Waals surface area (Å²) in [5.41, 5.74) is 6.22. The van der Waals surface area contributed by atoms with Gasteiger partial charge in [0.1, 0.15) is 0 Å². The van der Waals surface area contributed by atoms with Crippen LogP contribution < -0.4 is 5.73 Å². The van der Waals surface area contributed by atoms with Gasteiger partial charge in [-0.2, -0.15) is 0 Å². The smallest absolute Gasteiger partial charge is 0.0593 e. The van der Waals surface area contributed by atoms with E-state index in [1.54, 1.807) is 0 Å². The molecule has 3 atom stereocenters. The highest BCUT2D eigenvalue weighted by Gasteiger charge is 2.38. The van der Waals surface area contributed by atoms with Crippen LogP contribution in [0.3, 0.4) is 0 Å². The van der Waals surface area contributed by atoms with E-state index < -0.39 is 0 Å². The fourth-order valence-electron chi connectivity index (χ4n) is 3.30. The normalized spacial score (nSPS) is 32.3. The second-order valence-corrected chi connectivity index (χ2v) is 6.25. The zero-order valence-electron chi connectivity index (χ0n) is 11.8. The molecule has 2 aliphatic rings. The van der Waals surface area contributed by atoms with Gasteiger partial charge in [-0.3, -0.25) is 0 Å². The fourth-order valence-corrected chi connectivity index (χ4v) is 3.30. The largest absolute Gasteiger partial charge is 0.380 e. The first-order chi connectivity index (χ1) is 8.16. The Bertz CT molecular complexity index is 238. The SMILES string of the molecule is CC(C)COCCN1CC2CCCC(N)C2C1.Cl. The Labute approximate surface area is 118 Å². The molecule has 1 heterocycles. The molecule has 0 amide bonds. The van der Waals surface area contributed by atoms with E-state index in [-0.39, 0.29) is 12.4 Å². The highest BCUT2D eigenvalue weighted by molar-refractivity contribution is 5.85. The molecule has 0 bridgehead atoms. The monoisotopic (exact) mass is 276 g/mol. The van der Waals surface area contributed by atoms with Crippen molar-refractivity contribution >= 4 is 12.4 Å². The first-order valence-corrected chi connectivity index (χ1v) is 7.22. The number of halogens is 1. The highest BCUT2D eigenvalue weighted by atomic mass is 35.5. The average Bonchev–Trinajstić information content (AvgIpc) is 2.69. The van der Waals surface area contributed by atoms with E-state index in [9.17, 15) is 0 Å². The molecule has 1 aliphatic carbocycles. The standard InChI is InChI=1S/C14H28N2O.ClH/c1-11(2)10-17-7-6-16-8-12-4-3-5-14(15)13(12)9-16;/h11-14H,3-10,15H2,1-2H3;1H. The Morgan fingerprint density at radius 1 is 1.28 bits per heavy atom. The van der Waals surface area contributed by atoms with Crippen molar-refractivity contribution in [1.82, 2.24) is 4.90 Å². The molecular formula is C14H29ClN2O. The van der Waals surface area contributed by atoms with E-state index in [1.165, 1.54) is 32.4 Å². The van der Waals surface area contributed by atoms with E-state index in [1.807, 2.05) is 0 Å². The van der Waals surface area contributed by atoms with Gasteiger partial charge in [-0.15, -0.1) is 12.4 Å². The third-order valence-corrected chi connectivity index (χ3v) is 4.23. The van der Waals surface area contributed by atoms with Gasteiger partial charge in [-0.1, -0.05) is 20.3 Å². The number of rotatable bonds is 5. The van der Waals surface area contributed by atoms with Gasteiger partial charge in [0.15, 0.2) is 0 Å². The van der Waals surface area contributed by atoms with Crippen molar-refractivity contribution in [2.75, 3.05) is 32.8 Å². The van der Waals surface area contributed by atoms with Gasteiger partial charge in [-0.25, -0.2) is 0 Å². The minimum atomic E-state index is 0. The second-order valence-electron chi connectivity index (χ2n) is 6.25. The van der Waals surface area contributed by atoms with E-state index in [0.29, 0.717) is 12.0 Å². The zero-order chi connectivity index (χ0) is 12.3. The van der Waals surface area contributed by atoms with Gasteiger partial charge in [-0.05, 0) is 30.6 Å². The van der Waals surface area contributed by atoms with Crippen molar-refractivity contribution in [2.24, 2.45) is 23.5 Å². The molecule has 3 unspecified atom stereocenters. The molecule has 2 fully saturated rings. The van der Waals surface area contributed by atoms with Crippen LogP contribution in [-0.2, 0) is 4.74 Å². The van der Waals surface area contributed by atoms with Crippen molar-refractivity contribution in [3.63, 3.8) is 0 Å². The maximum atomic E-state index is 6.22. The van der Waals surface area contributed by atoms with E-state index in [0.717, 1.165) is 31.6 Å². The lowest BCUT2D eigenvalue weighted by molar-refractivity contribution is 0.0898. The number of hydrogen-bond donors (Lipinski definition) is 1. The maximum Gasteiger partial charge on any atom is 0.0593 e. The molecule has 1 saturated carbocycles. The maximum absolute atomic E-state index is 6.22. The van der Waals surface area contributed by atoms with Crippen LogP contribution in [0.4, 0.5) is 0 Å². The van der Waals surface area contributed by atoms with Crippen LogP contribution in [0.2, 0.25) is 0 Å². The van der Waals surface area contributed by atoms with Crippen molar-refractivity contribution in [1.29, 1.82) is 0 Å². The van der Waals surface area contributed by atoms with Crippen molar-refractivity contribution in [3.05, 3.63) is 0 Å². The lowest BCUT2D eigenvalue weighted by Crippen LogP contribution is -2.38. The molecule has 4 heteroatoms. The van der Waals surface area contributed by atoms with Gasteiger partial charge in [0, 0.05) is 32.3 Å². The third kappa shape index (κ3) is 4.37. The Hall–Kier alpha value is 0.170. The van der Waals surface area contributed by atoms with Crippen LogP contribution in [-0.4, -0.2) is 43.8 Å². The van der Waals surface area contributed by atoms with Crippen molar-refractivity contribution < 1.29 is 4.74 Å². The van der Waals surface area contributed by atoms with Gasteiger partial charge >= 0.3 is 0 Å². The molecular weight excluding hydrogens is 248 g/mol. The van der Waals surface area contributed by atoms with Crippen LogP contribution in [0, 0.1) is 17.8 Å². The van der Waals surface area contributed by atoms with Crippen LogP contribution in [0.15, 0.2) is 0 Å². The highest BCUT2D eigenvalue weighted by Crippen LogP contribution is 2.35. The summed E-state index contributed by atoms with van der Waals surface area (Å²) in [6.45, 7) is 9.71. The lowest BCUT2D eigenvalue weighted by Gasteiger charge is -2.29. The van der Waals surface area contributed by atoms with Gasteiger partial charge in [0.2, 0.25) is 0 Å². The number of hydrogen-bond acceptors (Lipinski definition) is 3. The molecule has 18 heavy (non-hydrogen) atoms. The predicted molar refractivity (Wildman–Crippen MR) is 78.2 cm³/mol. The predicted octanol–water partition coefficient (Wildman–Crippen LogP) is 2.14. The number of ether oxygens (including phenoxy) is 1. The molecule has 2 rings (SSSR count). The molecule has 1 aliphatic heterocycles. The fraction of sp³-hybridized carbons (Fsp3) is 1.00. The molecule has 108 valence electrons. The molecule has 1 saturated heterocycles. The number of nitrogens with two attached hydrogens (primary N) is 1. The first-order valence-electron chi connectivity index (χ1n) is 7.22. The van der Waals surface area contributed by atoms with Crippen LogP contribution in [0.1, 0.15) is 33.1 Å². The Morgan fingerprint density at radius 2 is 2.06 bits per heavy atom. The van der Waals surface area contributed by atoms with Gasteiger partial charge in [0.05, 0.1) is 6.61 Å². The molecule has 0 spiro atoms. The first kappa shape index (κ1) is 16.2. The lowest BCUT2D eigenvalue weighted by atomic mass is 9.78. The minimum Gasteiger partial charge on any atom is -0.380 e. The molecule has 3 nitrogen and oxygen atoms in total. The average molecular weight is 277 g/mol. The van der Waals surface area contributed by atoms with E-state index >= 15 is 0 Å². The van der Waals surface area contributed by atoms with Crippen LogP contribution in [0.5, 0.6) is 0 Å². The Balaban J connectivity index is 0.00000162. The summed E-state index contributed by atoms with van der Waals surface area (Å²) in [5, 5.41) is 0. The van der Waals surface area contributed by atoms with Gasteiger partial charge in [0.25, 0.3) is 0 Å². The van der Waals surface area contributed by atoms with Crippen molar-refractivity contribution in [2.45, 2.75) is 39.2 Å². The summed E-state index contributed by atoms with van der Waals surface area (Å²) < 4.78 is 5.66. The molecule has 2 N–H and O–H groups in total. The molecule has 0 radical (unpaired) electrons. The molecule has 0 aromatic carbocycles. The molecule has 0 aromatic heterocycles. The Kier molecular flexibility index (Phi) is 6.93.